The molecule has 0 bridgehead atoms. The van der Waals surface area contributed by atoms with Crippen LogP contribution in [0.2, 0.25) is 0 Å². The lowest BCUT2D eigenvalue weighted by Crippen LogP contribution is -2.43. The van der Waals surface area contributed by atoms with Gasteiger partial charge in [0.25, 0.3) is 0 Å². The number of aliphatic carboxylic acids is 1. The first-order valence-electron chi connectivity index (χ1n) is 12.4. The lowest BCUT2D eigenvalue weighted by Gasteiger charge is -2.39. The van der Waals surface area contributed by atoms with Crippen molar-refractivity contribution in [3.8, 4) is 0 Å². The average molecular weight is 496 g/mol. The molecule has 2 aromatic heterocycles. The van der Waals surface area contributed by atoms with E-state index in [0.29, 0.717) is 50.9 Å². The Balaban J connectivity index is 1.42. The van der Waals surface area contributed by atoms with Gasteiger partial charge in [-0.15, -0.1) is 0 Å². The molecule has 1 N–H and O–H groups in total. The number of carbonyl (C=O) groups excluding carboxylic acids is 1. The molecule has 2 aliphatic rings. The number of carboxylic acids is 1. The molecule has 1 aliphatic carbocycles. The first-order chi connectivity index (χ1) is 17.0. The van der Waals surface area contributed by atoms with E-state index in [1.165, 1.54) is 6.07 Å². The third kappa shape index (κ3) is 3.78. The van der Waals surface area contributed by atoms with Crippen molar-refractivity contribution >= 4 is 22.9 Å². The minimum atomic E-state index is -0.893. The largest absolute Gasteiger partial charge is 0.481 e. The maximum atomic E-state index is 13.9. The van der Waals surface area contributed by atoms with Crippen molar-refractivity contribution in [2.24, 2.45) is 16.7 Å². The number of halogens is 2. The van der Waals surface area contributed by atoms with Gasteiger partial charge in [-0.05, 0) is 72.9 Å². The number of nitrogens with zero attached hydrogens (tertiary/aromatic N) is 3. The van der Waals surface area contributed by atoms with Gasteiger partial charge in [-0.3, -0.25) is 9.59 Å². The summed E-state index contributed by atoms with van der Waals surface area (Å²) in [6.45, 7) is 7.01. The van der Waals surface area contributed by atoms with Crippen LogP contribution in [0.1, 0.15) is 56.9 Å². The van der Waals surface area contributed by atoms with Crippen LogP contribution >= 0.6 is 0 Å². The van der Waals surface area contributed by atoms with Gasteiger partial charge >= 0.3 is 5.97 Å². The second-order valence-corrected chi connectivity index (χ2v) is 11.0. The lowest BCUT2D eigenvalue weighted by molar-refractivity contribution is -0.155. The third-order valence-corrected chi connectivity index (χ3v) is 9.02. The summed E-state index contributed by atoms with van der Waals surface area (Å²) in [5.74, 6) is -2.58. The van der Waals surface area contributed by atoms with Crippen molar-refractivity contribution in [2.75, 3.05) is 6.54 Å². The molecule has 1 fully saturated rings. The number of carboxylic acid groups (broad SMARTS) is 1. The highest BCUT2D eigenvalue weighted by atomic mass is 19.2. The molecule has 0 radical (unpaired) electrons. The normalized spacial score (nSPS) is 23.1. The zero-order valence-corrected chi connectivity index (χ0v) is 20.9. The Morgan fingerprint density at radius 3 is 2.64 bits per heavy atom. The van der Waals surface area contributed by atoms with E-state index in [0.717, 1.165) is 28.4 Å². The molecule has 8 heteroatoms. The molecule has 1 aromatic carbocycles. The van der Waals surface area contributed by atoms with Gasteiger partial charge in [0.05, 0.1) is 12.0 Å². The minimum absolute atomic E-state index is 0.0118. The smallest absolute Gasteiger partial charge is 0.309 e. The summed E-state index contributed by atoms with van der Waals surface area (Å²) >= 11 is 0. The third-order valence-electron chi connectivity index (χ3n) is 9.02. The lowest BCUT2D eigenvalue weighted by atomic mass is 9.65. The SMILES string of the molecule is CC1(C)[C@@H](CC(=O)N2CCc3c(n(Cc4ccc(F)c(F)c4)c4ncccc34)C2)CC[C@@]1(C)C(=O)O. The summed E-state index contributed by atoms with van der Waals surface area (Å²) < 4.78 is 29.4. The predicted molar refractivity (Wildman–Crippen MR) is 131 cm³/mol. The summed E-state index contributed by atoms with van der Waals surface area (Å²) in [5.41, 5.74) is 2.11. The summed E-state index contributed by atoms with van der Waals surface area (Å²) in [4.78, 5) is 31.8. The molecule has 190 valence electrons. The van der Waals surface area contributed by atoms with E-state index in [1.54, 1.807) is 19.2 Å². The van der Waals surface area contributed by atoms with Gasteiger partial charge in [0.1, 0.15) is 5.65 Å². The Kier molecular flexibility index (Phi) is 5.88. The fourth-order valence-electron chi connectivity index (χ4n) is 6.14. The molecule has 3 heterocycles. The molecular weight excluding hydrogens is 464 g/mol. The molecule has 1 aliphatic heterocycles. The Bertz CT molecular complexity index is 1370. The van der Waals surface area contributed by atoms with Gasteiger partial charge in [0.15, 0.2) is 11.6 Å². The fourth-order valence-corrected chi connectivity index (χ4v) is 6.14. The molecule has 0 saturated heterocycles. The van der Waals surface area contributed by atoms with Crippen LogP contribution in [0, 0.1) is 28.4 Å². The molecule has 6 nitrogen and oxygen atoms in total. The highest BCUT2D eigenvalue weighted by Gasteiger charge is 2.56. The second kappa shape index (κ2) is 8.68. The van der Waals surface area contributed by atoms with Crippen LogP contribution < -0.4 is 0 Å². The van der Waals surface area contributed by atoms with E-state index in [2.05, 4.69) is 4.98 Å². The number of carbonyl (C=O) groups is 2. The zero-order valence-electron chi connectivity index (χ0n) is 20.9. The number of rotatable bonds is 5. The number of amides is 1. The summed E-state index contributed by atoms with van der Waals surface area (Å²) in [6, 6.07) is 7.77. The molecule has 5 rings (SSSR count). The summed E-state index contributed by atoms with van der Waals surface area (Å²) in [7, 11) is 0. The molecule has 2 atom stereocenters. The monoisotopic (exact) mass is 495 g/mol. The van der Waals surface area contributed by atoms with Crippen LogP contribution in [0.4, 0.5) is 8.78 Å². The fraction of sp³-hybridized carbons (Fsp3) is 0.464. The van der Waals surface area contributed by atoms with E-state index in [4.69, 9.17) is 0 Å². The Hall–Kier alpha value is -3.29. The zero-order chi connectivity index (χ0) is 25.8. The average Bonchev–Trinajstić information content (AvgIpc) is 3.28. The van der Waals surface area contributed by atoms with Crippen molar-refractivity contribution in [3.63, 3.8) is 0 Å². The van der Waals surface area contributed by atoms with Gasteiger partial charge in [0.2, 0.25) is 5.91 Å². The number of fused-ring (bicyclic) bond motifs is 3. The Morgan fingerprint density at radius 1 is 1.17 bits per heavy atom. The molecule has 1 amide bonds. The summed E-state index contributed by atoms with van der Waals surface area (Å²) in [5, 5.41) is 10.8. The highest BCUT2D eigenvalue weighted by molar-refractivity contribution is 5.84. The van der Waals surface area contributed by atoms with Gasteiger partial charge in [-0.25, -0.2) is 13.8 Å². The second-order valence-electron chi connectivity index (χ2n) is 11.0. The quantitative estimate of drug-likeness (QED) is 0.530. The van der Waals surface area contributed by atoms with Crippen LogP contribution in [-0.4, -0.2) is 38.0 Å². The molecule has 36 heavy (non-hydrogen) atoms. The first-order valence-corrected chi connectivity index (χ1v) is 12.4. The first kappa shape index (κ1) is 24.4. The van der Waals surface area contributed by atoms with E-state index in [9.17, 15) is 23.5 Å². The maximum Gasteiger partial charge on any atom is 0.309 e. The van der Waals surface area contributed by atoms with Crippen LogP contribution in [0.25, 0.3) is 11.0 Å². The number of hydrogen-bond acceptors (Lipinski definition) is 3. The van der Waals surface area contributed by atoms with Gasteiger partial charge < -0.3 is 14.6 Å². The van der Waals surface area contributed by atoms with E-state index >= 15 is 0 Å². The molecule has 0 unspecified atom stereocenters. The van der Waals surface area contributed by atoms with Gasteiger partial charge in [-0.1, -0.05) is 19.9 Å². The van der Waals surface area contributed by atoms with Crippen LogP contribution in [-0.2, 0) is 29.1 Å². The van der Waals surface area contributed by atoms with Crippen molar-refractivity contribution < 1.29 is 23.5 Å². The van der Waals surface area contributed by atoms with Gasteiger partial charge in [-0.2, -0.15) is 0 Å². The molecule has 1 saturated carbocycles. The number of hydrogen-bond donors (Lipinski definition) is 1. The molecular formula is C28H31F2N3O3. The van der Waals surface area contributed by atoms with E-state index < -0.39 is 28.4 Å². The maximum absolute atomic E-state index is 13.9. The van der Waals surface area contributed by atoms with Crippen molar-refractivity contribution in [1.29, 1.82) is 0 Å². The van der Waals surface area contributed by atoms with Crippen molar-refractivity contribution in [3.05, 3.63) is 65.0 Å². The van der Waals surface area contributed by atoms with E-state index in [-0.39, 0.29) is 11.8 Å². The Labute approximate surface area is 208 Å². The van der Waals surface area contributed by atoms with Crippen molar-refractivity contribution in [1.82, 2.24) is 14.5 Å². The van der Waals surface area contributed by atoms with E-state index in [1.807, 2.05) is 35.4 Å². The Morgan fingerprint density at radius 2 is 1.94 bits per heavy atom. The molecule has 0 spiro atoms. The topological polar surface area (TPSA) is 75.4 Å². The standard InChI is InChI=1S/C28H31F2N3O3/c1-27(2)18(8-10-28(27,3)26(35)36)14-24(34)32-12-9-19-20-5-4-11-31-25(20)33(23(19)16-32)15-17-6-7-21(29)22(30)13-17/h4-7,11,13,18H,8-10,12,14-16H2,1-3H3,(H,35,36)/t18-,28+/m1/s1. The number of benzene rings is 1. The van der Waals surface area contributed by atoms with Gasteiger partial charge in [0, 0.05) is 36.8 Å². The van der Waals surface area contributed by atoms with Crippen LogP contribution in [0.3, 0.4) is 0 Å². The van der Waals surface area contributed by atoms with Crippen LogP contribution in [0.15, 0.2) is 36.5 Å². The summed E-state index contributed by atoms with van der Waals surface area (Å²) in [6.07, 6.45) is 3.97. The molecule has 3 aromatic rings. The van der Waals surface area contributed by atoms with Crippen molar-refractivity contribution in [2.45, 2.75) is 59.5 Å². The van der Waals surface area contributed by atoms with Crippen LogP contribution in [0.5, 0.6) is 0 Å². The minimum Gasteiger partial charge on any atom is -0.481 e. The number of pyridine rings is 1. The predicted octanol–water partition coefficient (Wildman–Crippen LogP) is 5.16. The highest BCUT2D eigenvalue weighted by Crippen LogP contribution is 2.57. The number of aromatic nitrogens is 2.